The average Bonchev–Trinajstić information content (AvgIpc) is 3.51. The van der Waals surface area contributed by atoms with Crippen molar-refractivity contribution in [3.8, 4) is 10.4 Å². The molecule has 198 valence electrons. The van der Waals surface area contributed by atoms with Gasteiger partial charge >= 0.3 is 0 Å². The number of aryl methyl sites for hydroxylation is 2. The van der Waals surface area contributed by atoms with Crippen LogP contribution in [0.5, 0.6) is 0 Å². The number of fused-ring (bicyclic) bond motifs is 1. The number of hydrogen-bond acceptors (Lipinski definition) is 5. The zero-order chi connectivity index (χ0) is 27.4. The standard InChI is InChI=1S/C31H28FN3O3S/c1-19-17-26-25(9-6-10-27(26)38-19)30(36)35-24(18-21-7-4-3-5-8-21)15-16-33-31(37)28-29(39-20(2)34-28)22-11-13-23(32)14-12-22/h3-14,17,24H,15-16,18H2,1-2H3,(H,33,37)(H,35,36). The summed E-state index contributed by atoms with van der Waals surface area (Å²) >= 11 is 1.39. The van der Waals surface area contributed by atoms with Crippen LogP contribution < -0.4 is 10.6 Å². The van der Waals surface area contributed by atoms with Gasteiger partial charge in [-0.15, -0.1) is 11.3 Å². The number of nitrogens with zero attached hydrogens (tertiary/aromatic N) is 1. The van der Waals surface area contributed by atoms with Crippen molar-refractivity contribution in [1.82, 2.24) is 15.6 Å². The fourth-order valence-corrected chi connectivity index (χ4v) is 5.52. The molecule has 0 aliphatic carbocycles. The average molecular weight is 542 g/mol. The van der Waals surface area contributed by atoms with Gasteiger partial charge in [-0.1, -0.05) is 48.5 Å². The van der Waals surface area contributed by atoms with Gasteiger partial charge in [0.05, 0.1) is 15.4 Å². The van der Waals surface area contributed by atoms with Crippen molar-refractivity contribution in [2.24, 2.45) is 0 Å². The molecule has 1 atom stereocenters. The van der Waals surface area contributed by atoms with Crippen molar-refractivity contribution in [2.45, 2.75) is 32.7 Å². The number of rotatable bonds is 9. The lowest BCUT2D eigenvalue weighted by Gasteiger charge is -2.20. The van der Waals surface area contributed by atoms with E-state index in [1.54, 1.807) is 24.3 Å². The number of hydrogen-bond donors (Lipinski definition) is 2. The van der Waals surface area contributed by atoms with Crippen LogP contribution in [-0.4, -0.2) is 29.4 Å². The van der Waals surface area contributed by atoms with E-state index in [0.717, 1.165) is 27.3 Å². The quantitative estimate of drug-likeness (QED) is 0.224. The van der Waals surface area contributed by atoms with Gasteiger partial charge in [0.25, 0.3) is 11.8 Å². The first-order valence-electron chi connectivity index (χ1n) is 12.7. The van der Waals surface area contributed by atoms with Crippen LogP contribution >= 0.6 is 11.3 Å². The molecule has 39 heavy (non-hydrogen) atoms. The number of nitrogens with one attached hydrogen (secondary N) is 2. The van der Waals surface area contributed by atoms with Crippen molar-refractivity contribution < 1.29 is 18.4 Å². The molecule has 2 N–H and O–H groups in total. The Morgan fingerprint density at radius 1 is 0.974 bits per heavy atom. The first-order chi connectivity index (χ1) is 18.9. The molecule has 1 unspecified atom stereocenters. The number of aromatic nitrogens is 1. The zero-order valence-corrected chi connectivity index (χ0v) is 22.5. The van der Waals surface area contributed by atoms with Crippen molar-refractivity contribution >= 4 is 34.1 Å². The molecule has 3 aromatic carbocycles. The van der Waals surface area contributed by atoms with E-state index in [9.17, 15) is 14.0 Å². The molecule has 2 aromatic heterocycles. The van der Waals surface area contributed by atoms with Crippen LogP contribution in [0.3, 0.4) is 0 Å². The van der Waals surface area contributed by atoms with Crippen molar-refractivity contribution in [2.75, 3.05) is 6.54 Å². The summed E-state index contributed by atoms with van der Waals surface area (Å²) < 4.78 is 19.1. The summed E-state index contributed by atoms with van der Waals surface area (Å²) in [6.07, 6.45) is 1.13. The first kappa shape index (κ1) is 26.3. The third-order valence-corrected chi connectivity index (χ3v) is 7.44. The minimum absolute atomic E-state index is 0.192. The second-order valence-corrected chi connectivity index (χ2v) is 10.6. The molecular formula is C31H28FN3O3S. The van der Waals surface area contributed by atoms with Crippen LogP contribution in [-0.2, 0) is 6.42 Å². The molecule has 8 heteroatoms. The molecule has 0 saturated heterocycles. The highest BCUT2D eigenvalue weighted by Gasteiger charge is 2.21. The van der Waals surface area contributed by atoms with E-state index in [-0.39, 0.29) is 23.7 Å². The lowest BCUT2D eigenvalue weighted by atomic mass is 10.0. The van der Waals surface area contributed by atoms with Crippen LogP contribution in [0, 0.1) is 19.7 Å². The first-order valence-corrected chi connectivity index (χ1v) is 13.5. The molecule has 0 fully saturated rings. The summed E-state index contributed by atoms with van der Waals surface area (Å²) in [6, 6.07) is 23.0. The third kappa shape index (κ3) is 6.23. The molecule has 0 bridgehead atoms. The maximum Gasteiger partial charge on any atom is 0.271 e. The van der Waals surface area contributed by atoms with Gasteiger partial charge in [-0.2, -0.15) is 0 Å². The Hall–Kier alpha value is -4.30. The number of carbonyl (C=O) groups is 2. The molecular weight excluding hydrogens is 513 g/mol. The molecule has 0 aliphatic rings. The van der Waals surface area contributed by atoms with Crippen LogP contribution in [0.1, 0.15) is 43.6 Å². The van der Waals surface area contributed by atoms with Gasteiger partial charge in [0.15, 0.2) is 0 Å². The Kier molecular flexibility index (Phi) is 7.84. The number of amides is 2. The smallest absolute Gasteiger partial charge is 0.271 e. The van der Waals surface area contributed by atoms with Crippen molar-refractivity contribution in [3.05, 3.63) is 112 Å². The highest BCUT2D eigenvalue weighted by molar-refractivity contribution is 7.15. The van der Waals surface area contributed by atoms with Gasteiger partial charge in [-0.25, -0.2) is 9.37 Å². The van der Waals surface area contributed by atoms with E-state index in [2.05, 4.69) is 15.6 Å². The fraction of sp³-hybridized carbons (Fsp3) is 0.194. The molecule has 2 amide bonds. The number of halogens is 1. The Balaban J connectivity index is 1.30. The van der Waals surface area contributed by atoms with Gasteiger partial charge in [-0.05, 0) is 68.1 Å². The van der Waals surface area contributed by atoms with Gasteiger partial charge in [-0.3, -0.25) is 9.59 Å². The van der Waals surface area contributed by atoms with Gasteiger partial charge in [0.1, 0.15) is 22.9 Å². The second kappa shape index (κ2) is 11.6. The normalized spacial score (nSPS) is 11.9. The molecule has 5 aromatic rings. The maximum atomic E-state index is 13.4. The van der Waals surface area contributed by atoms with E-state index in [1.165, 1.54) is 23.5 Å². The molecule has 5 rings (SSSR count). The summed E-state index contributed by atoms with van der Waals surface area (Å²) in [7, 11) is 0. The van der Waals surface area contributed by atoms with E-state index in [1.807, 2.05) is 56.3 Å². The fourth-order valence-electron chi connectivity index (χ4n) is 4.59. The highest BCUT2D eigenvalue weighted by Crippen LogP contribution is 2.30. The number of benzene rings is 3. The monoisotopic (exact) mass is 541 g/mol. The summed E-state index contributed by atoms with van der Waals surface area (Å²) in [5, 5.41) is 7.64. The predicted octanol–water partition coefficient (Wildman–Crippen LogP) is 6.47. The number of carbonyl (C=O) groups excluding carboxylic acids is 2. The molecule has 0 radical (unpaired) electrons. The molecule has 6 nitrogen and oxygen atoms in total. The second-order valence-electron chi connectivity index (χ2n) is 9.40. The Morgan fingerprint density at radius 3 is 2.51 bits per heavy atom. The topological polar surface area (TPSA) is 84.2 Å². The number of thiazole rings is 1. The van der Waals surface area contributed by atoms with Gasteiger partial charge in [0.2, 0.25) is 0 Å². The molecule has 0 saturated carbocycles. The highest BCUT2D eigenvalue weighted by atomic mass is 32.1. The number of furan rings is 1. The maximum absolute atomic E-state index is 13.4. The summed E-state index contributed by atoms with van der Waals surface area (Å²) in [6.45, 7) is 4.03. The Bertz CT molecular complexity index is 1610. The Labute approximate surface area is 229 Å². The lowest BCUT2D eigenvalue weighted by molar-refractivity contribution is 0.0934. The van der Waals surface area contributed by atoms with Crippen LogP contribution in [0.2, 0.25) is 0 Å². The van der Waals surface area contributed by atoms with Crippen LogP contribution in [0.15, 0.2) is 83.3 Å². The van der Waals surface area contributed by atoms with Crippen molar-refractivity contribution in [1.29, 1.82) is 0 Å². The summed E-state index contributed by atoms with van der Waals surface area (Å²) in [5.41, 5.74) is 3.36. The van der Waals surface area contributed by atoms with Gasteiger partial charge in [0, 0.05) is 18.0 Å². The Morgan fingerprint density at radius 2 is 1.74 bits per heavy atom. The summed E-state index contributed by atoms with van der Waals surface area (Å²) in [4.78, 5) is 31.6. The van der Waals surface area contributed by atoms with E-state index >= 15 is 0 Å². The SMILES string of the molecule is Cc1cc2c(C(=O)NC(CCNC(=O)c3nc(C)sc3-c3ccc(F)cc3)Cc3ccccc3)cccc2o1. The van der Waals surface area contributed by atoms with E-state index in [4.69, 9.17) is 4.42 Å². The third-order valence-electron chi connectivity index (χ3n) is 6.42. The van der Waals surface area contributed by atoms with Crippen molar-refractivity contribution in [3.63, 3.8) is 0 Å². The van der Waals surface area contributed by atoms with Crippen LogP contribution in [0.4, 0.5) is 4.39 Å². The van der Waals surface area contributed by atoms with E-state index in [0.29, 0.717) is 41.1 Å². The summed E-state index contributed by atoms with van der Waals surface area (Å²) in [5.74, 6) is -0.0906. The minimum Gasteiger partial charge on any atom is -0.461 e. The lowest BCUT2D eigenvalue weighted by Crippen LogP contribution is -2.39. The molecule has 0 aliphatic heterocycles. The van der Waals surface area contributed by atoms with E-state index < -0.39 is 0 Å². The zero-order valence-electron chi connectivity index (χ0n) is 21.7. The van der Waals surface area contributed by atoms with Crippen LogP contribution in [0.25, 0.3) is 21.4 Å². The molecule has 2 heterocycles. The van der Waals surface area contributed by atoms with Gasteiger partial charge < -0.3 is 15.1 Å². The molecule has 0 spiro atoms. The largest absolute Gasteiger partial charge is 0.461 e. The predicted molar refractivity (Wildman–Crippen MR) is 152 cm³/mol. The minimum atomic E-state index is -0.336.